The Balaban J connectivity index is 2.19. The topological polar surface area (TPSA) is 70.7 Å². The minimum Gasteiger partial charge on any atom is -0.475 e. The summed E-state index contributed by atoms with van der Waals surface area (Å²) in [6.45, 7) is 2.12. The highest BCUT2D eigenvalue weighted by Gasteiger charge is 2.10. The van der Waals surface area contributed by atoms with Gasteiger partial charge in [-0.2, -0.15) is 11.8 Å². The standard InChI is InChI=1S/C13H14O4S/c1-8(6-14)18-7-9-2-3-11-10(4-9)5-12(17-11)13(15)16/h2-5,8,14H,6-7H2,1H3,(H,15,16). The van der Waals surface area contributed by atoms with E-state index in [4.69, 9.17) is 14.6 Å². The highest BCUT2D eigenvalue weighted by Crippen LogP contribution is 2.24. The van der Waals surface area contributed by atoms with Crippen molar-refractivity contribution in [2.24, 2.45) is 0 Å². The molecule has 0 aliphatic rings. The monoisotopic (exact) mass is 266 g/mol. The van der Waals surface area contributed by atoms with E-state index >= 15 is 0 Å². The molecule has 2 N–H and O–H groups in total. The molecule has 5 heteroatoms. The maximum absolute atomic E-state index is 10.8. The molecule has 0 saturated carbocycles. The van der Waals surface area contributed by atoms with Crippen molar-refractivity contribution in [2.45, 2.75) is 17.9 Å². The minimum absolute atomic E-state index is 0.0430. The van der Waals surface area contributed by atoms with E-state index in [-0.39, 0.29) is 17.6 Å². The molecule has 1 heterocycles. The Morgan fingerprint density at radius 3 is 2.89 bits per heavy atom. The summed E-state index contributed by atoms with van der Waals surface area (Å²) in [5.41, 5.74) is 1.67. The number of carbonyl (C=O) groups is 1. The number of aromatic carboxylic acids is 1. The molecule has 1 atom stereocenters. The van der Waals surface area contributed by atoms with Crippen molar-refractivity contribution in [3.8, 4) is 0 Å². The number of hydrogen-bond donors (Lipinski definition) is 2. The summed E-state index contributed by atoms with van der Waals surface area (Å²) in [7, 11) is 0. The van der Waals surface area contributed by atoms with Gasteiger partial charge < -0.3 is 14.6 Å². The van der Waals surface area contributed by atoms with E-state index in [0.717, 1.165) is 16.7 Å². The molecule has 0 saturated heterocycles. The first-order valence-electron chi connectivity index (χ1n) is 5.58. The molecular weight excluding hydrogens is 252 g/mol. The fourth-order valence-corrected chi connectivity index (χ4v) is 2.34. The van der Waals surface area contributed by atoms with Crippen LogP contribution in [0.4, 0.5) is 0 Å². The lowest BCUT2D eigenvalue weighted by atomic mass is 10.2. The van der Waals surface area contributed by atoms with Gasteiger partial charge in [-0.1, -0.05) is 13.0 Å². The third-order valence-corrected chi connectivity index (χ3v) is 3.80. The third kappa shape index (κ3) is 2.86. The molecule has 0 fully saturated rings. The SMILES string of the molecule is CC(CO)SCc1ccc2oc(C(=O)O)cc2c1. The zero-order valence-corrected chi connectivity index (χ0v) is 10.7. The Kier molecular flexibility index (Phi) is 3.93. The van der Waals surface area contributed by atoms with Crippen molar-refractivity contribution >= 4 is 28.7 Å². The molecule has 0 aliphatic heterocycles. The van der Waals surface area contributed by atoms with Crippen LogP contribution in [-0.2, 0) is 5.75 Å². The van der Waals surface area contributed by atoms with Crippen molar-refractivity contribution in [3.63, 3.8) is 0 Å². The fraction of sp³-hybridized carbons (Fsp3) is 0.308. The Hall–Kier alpha value is -1.46. The summed E-state index contributed by atoms with van der Waals surface area (Å²) in [4.78, 5) is 10.8. The molecule has 2 rings (SSSR count). The molecule has 96 valence electrons. The number of furan rings is 1. The Morgan fingerprint density at radius 2 is 2.22 bits per heavy atom. The van der Waals surface area contributed by atoms with Crippen molar-refractivity contribution < 1.29 is 19.4 Å². The Bertz CT molecular complexity index is 561. The first-order valence-corrected chi connectivity index (χ1v) is 6.63. The summed E-state index contributed by atoms with van der Waals surface area (Å²) in [5, 5.41) is 18.8. The number of aliphatic hydroxyl groups is 1. The van der Waals surface area contributed by atoms with Crippen LogP contribution in [0.5, 0.6) is 0 Å². The second-order valence-corrected chi connectivity index (χ2v) is 5.52. The van der Waals surface area contributed by atoms with Crippen LogP contribution in [0.3, 0.4) is 0 Å². The van der Waals surface area contributed by atoms with Gasteiger partial charge in [0.05, 0.1) is 6.61 Å². The van der Waals surface area contributed by atoms with Gasteiger partial charge in [0.25, 0.3) is 0 Å². The number of benzene rings is 1. The number of aliphatic hydroxyl groups excluding tert-OH is 1. The van der Waals surface area contributed by atoms with Gasteiger partial charge in [0.15, 0.2) is 0 Å². The first kappa shape index (κ1) is 13.0. The molecule has 0 bridgehead atoms. The molecule has 2 aromatic rings. The lowest BCUT2D eigenvalue weighted by molar-refractivity contribution is 0.0665. The maximum atomic E-state index is 10.8. The Morgan fingerprint density at radius 1 is 1.44 bits per heavy atom. The number of carboxylic acids is 1. The van der Waals surface area contributed by atoms with Gasteiger partial charge in [0.1, 0.15) is 5.58 Å². The highest BCUT2D eigenvalue weighted by atomic mass is 32.2. The van der Waals surface area contributed by atoms with E-state index in [9.17, 15) is 4.79 Å². The minimum atomic E-state index is -1.06. The van der Waals surface area contributed by atoms with Crippen LogP contribution in [0.2, 0.25) is 0 Å². The molecule has 1 aromatic carbocycles. The molecule has 1 unspecified atom stereocenters. The second kappa shape index (κ2) is 5.46. The first-order chi connectivity index (χ1) is 8.60. The van der Waals surface area contributed by atoms with Crippen LogP contribution < -0.4 is 0 Å². The van der Waals surface area contributed by atoms with Gasteiger partial charge in [0, 0.05) is 16.4 Å². The summed E-state index contributed by atoms with van der Waals surface area (Å²) < 4.78 is 5.18. The second-order valence-electron chi connectivity index (χ2n) is 4.09. The lowest BCUT2D eigenvalue weighted by Crippen LogP contribution is -2.02. The molecule has 0 aliphatic carbocycles. The van der Waals surface area contributed by atoms with E-state index in [1.165, 1.54) is 6.07 Å². The quantitative estimate of drug-likeness (QED) is 0.870. The van der Waals surface area contributed by atoms with E-state index in [1.54, 1.807) is 17.8 Å². The predicted octanol–water partition coefficient (Wildman–Crippen LogP) is 2.75. The van der Waals surface area contributed by atoms with Crippen LogP contribution in [0.25, 0.3) is 11.0 Å². The summed E-state index contributed by atoms with van der Waals surface area (Å²) in [6.07, 6.45) is 0. The van der Waals surface area contributed by atoms with Crippen molar-refractivity contribution in [1.82, 2.24) is 0 Å². The number of thioether (sulfide) groups is 1. The van der Waals surface area contributed by atoms with Gasteiger partial charge in [-0.05, 0) is 23.8 Å². The molecular formula is C13H14O4S. The van der Waals surface area contributed by atoms with Gasteiger partial charge in [-0.25, -0.2) is 4.79 Å². The van der Waals surface area contributed by atoms with Crippen molar-refractivity contribution in [1.29, 1.82) is 0 Å². The van der Waals surface area contributed by atoms with Crippen LogP contribution in [-0.4, -0.2) is 28.0 Å². The van der Waals surface area contributed by atoms with Crippen LogP contribution in [0.15, 0.2) is 28.7 Å². The number of fused-ring (bicyclic) bond motifs is 1. The van der Waals surface area contributed by atoms with Gasteiger partial charge in [-0.15, -0.1) is 0 Å². The van der Waals surface area contributed by atoms with Crippen LogP contribution >= 0.6 is 11.8 Å². The molecule has 0 amide bonds. The fourth-order valence-electron chi connectivity index (χ4n) is 1.58. The highest BCUT2D eigenvalue weighted by molar-refractivity contribution is 7.99. The molecule has 0 spiro atoms. The van der Waals surface area contributed by atoms with Gasteiger partial charge >= 0.3 is 5.97 Å². The molecule has 1 aromatic heterocycles. The lowest BCUT2D eigenvalue weighted by Gasteiger charge is -2.07. The van der Waals surface area contributed by atoms with E-state index < -0.39 is 5.97 Å². The summed E-state index contributed by atoms with van der Waals surface area (Å²) in [6, 6.07) is 7.14. The summed E-state index contributed by atoms with van der Waals surface area (Å²) in [5.74, 6) is -0.319. The van der Waals surface area contributed by atoms with E-state index in [0.29, 0.717) is 5.58 Å². The van der Waals surface area contributed by atoms with Gasteiger partial charge in [-0.3, -0.25) is 0 Å². The predicted molar refractivity (Wildman–Crippen MR) is 71.0 cm³/mol. The van der Waals surface area contributed by atoms with Crippen molar-refractivity contribution in [3.05, 3.63) is 35.6 Å². The number of carboxylic acid groups (broad SMARTS) is 1. The average molecular weight is 266 g/mol. The van der Waals surface area contributed by atoms with E-state index in [1.807, 2.05) is 19.1 Å². The number of hydrogen-bond acceptors (Lipinski definition) is 4. The zero-order valence-electron chi connectivity index (χ0n) is 9.92. The largest absolute Gasteiger partial charge is 0.475 e. The zero-order chi connectivity index (χ0) is 13.1. The van der Waals surface area contributed by atoms with Crippen LogP contribution in [0, 0.1) is 0 Å². The molecule has 0 radical (unpaired) electrons. The summed E-state index contributed by atoms with van der Waals surface area (Å²) >= 11 is 1.65. The average Bonchev–Trinajstić information content (AvgIpc) is 2.79. The van der Waals surface area contributed by atoms with Gasteiger partial charge in [0.2, 0.25) is 5.76 Å². The third-order valence-electron chi connectivity index (χ3n) is 2.58. The molecule has 18 heavy (non-hydrogen) atoms. The normalized spacial score (nSPS) is 12.8. The van der Waals surface area contributed by atoms with Crippen molar-refractivity contribution in [2.75, 3.05) is 6.61 Å². The smallest absolute Gasteiger partial charge is 0.371 e. The molecule has 4 nitrogen and oxygen atoms in total. The Labute approximate surface area is 109 Å². The maximum Gasteiger partial charge on any atom is 0.371 e. The van der Waals surface area contributed by atoms with Crippen LogP contribution in [0.1, 0.15) is 23.0 Å². The number of rotatable bonds is 5. The van der Waals surface area contributed by atoms with E-state index in [2.05, 4.69) is 0 Å².